The molecule has 2 fully saturated rings. The fourth-order valence-electron chi connectivity index (χ4n) is 3.45. The van der Waals surface area contributed by atoms with Gasteiger partial charge in [-0.05, 0) is 25.7 Å². The Kier molecular flexibility index (Phi) is 6.03. The molecule has 2 unspecified atom stereocenters. The Labute approximate surface area is 127 Å². The molecule has 0 aromatic rings. The molecule has 1 saturated heterocycles. The molecule has 3 N–H and O–H groups in total. The molecule has 1 aliphatic carbocycles. The number of carbonyl (C=O) groups excluding carboxylic acids is 2. The first-order chi connectivity index (χ1) is 10.1. The summed E-state index contributed by atoms with van der Waals surface area (Å²) in [6.45, 7) is 3.36. The second-order valence-corrected chi connectivity index (χ2v) is 6.43. The number of carbonyl (C=O) groups is 2. The van der Waals surface area contributed by atoms with E-state index in [2.05, 4.69) is 5.32 Å². The van der Waals surface area contributed by atoms with E-state index in [4.69, 9.17) is 5.73 Å². The molecule has 0 radical (unpaired) electrons. The van der Waals surface area contributed by atoms with Gasteiger partial charge in [0.1, 0.15) is 0 Å². The molecule has 5 heteroatoms. The van der Waals surface area contributed by atoms with Crippen molar-refractivity contribution in [3.63, 3.8) is 0 Å². The minimum atomic E-state index is 0.00860. The third-order valence-electron chi connectivity index (χ3n) is 4.88. The quantitative estimate of drug-likeness (QED) is 0.773. The van der Waals surface area contributed by atoms with Crippen LogP contribution in [0.3, 0.4) is 0 Å². The van der Waals surface area contributed by atoms with Crippen molar-refractivity contribution in [3.05, 3.63) is 0 Å². The van der Waals surface area contributed by atoms with Crippen LogP contribution in [-0.2, 0) is 9.59 Å². The van der Waals surface area contributed by atoms with Gasteiger partial charge in [-0.15, -0.1) is 0 Å². The van der Waals surface area contributed by atoms with E-state index in [0.29, 0.717) is 6.42 Å². The van der Waals surface area contributed by atoms with Crippen molar-refractivity contribution in [3.8, 4) is 0 Å². The van der Waals surface area contributed by atoms with Gasteiger partial charge in [-0.1, -0.05) is 26.2 Å². The van der Waals surface area contributed by atoms with Crippen LogP contribution in [0, 0.1) is 5.92 Å². The van der Waals surface area contributed by atoms with Gasteiger partial charge >= 0.3 is 0 Å². The van der Waals surface area contributed by atoms with Crippen LogP contribution >= 0.6 is 0 Å². The third-order valence-corrected chi connectivity index (χ3v) is 4.88. The molecule has 2 atom stereocenters. The highest BCUT2D eigenvalue weighted by molar-refractivity contribution is 5.80. The zero-order valence-electron chi connectivity index (χ0n) is 13.1. The first kappa shape index (κ1) is 16.3. The number of rotatable bonds is 3. The summed E-state index contributed by atoms with van der Waals surface area (Å²) < 4.78 is 0. The Morgan fingerprint density at radius 2 is 1.76 bits per heavy atom. The molecule has 2 amide bonds. The van der Waals surface area contributed by atoms with Crippen LogP contribution in [0.1, 0.15) is 58.3 Å². The summed E-state index contributed by atoms with van der Waals surface area (Å²) in [5, 5.41) is 3.02. The van der Waals surface area contributed by atoms with Crippen LogP contribution in [0.15, 0.2) is 0 Å². The predicted molar refractivity (Wildman–Crippen MR) is 82.6 cm³/mol. The number of hydrogen-bond donors (Lipinski definition) is 2. The first-order valence-electron chi connectivity index (χ1n) is 8.45. The number of piperidine rings is 1. The zero-order chi connectivity index (χ0) is 15.2. The average Bonchev–Trinajstić information content (AvgIpc) is 2.71. The lowest BCUT2D eigenvalue weighted by atomic mass is 9.92. The van der Waals surface area contributed by atoms with Crippen molar-refractivity contribution >= 4 is 11.8 Å². The van der Waals surface area contributed by atoms with E-state index in [9.17, 15) is 9.59 Å². The summed E-state index contributed by atoms with van der Waals surface area (Å²) in [5.74, 6) is 0.351. The summed E-state index contributed by atoms with van der Waals surface area (Å²) in [4.78, 5) is 26.0. The van der Waals surface area contributed by atoms with Crippen molar-refractivity contribution in [1.82, 2.24) is 10.2 Å². The standard InChI is InChI=1S/C16H29N3O2/c1-2-15(20)18-12-8-10-19(11-9-12)16(21)13-6-4-3-5-7-14(13)17/h12-14H,2-11,17H2,1H3,(H,18,20). The minimum absolute atomic E-state index is 0.00860. The molecular weight excluding hydrogens is 266 g/mol. The molecule has 2 rings (SSSR count). The molecule has 5 nitrogen and oxygen atoms in total. The predicted octanol–water partition coefficient (Wildman–Crippen LogP) is 1.41. The minimum Gasteiger partial charge on any atom is -0.353 e. The van der Waals surface area contributed by atoms with E-state index < -0.39 is 0 Å². The first-order valence-corrected chi connectivity index (χ1v) is 8.45. The number of amides is 2. The van der Waals surface area contributed by atoms with Crippen molar-refractivity contribution in [2.75, 3.05) is 13.1 Å². The van der Waals surface area contributed by atoms with Crippen molar-refractivity contribution in [2.24, 2.45) is 11.7 Å². The summed E-state index contributed by atoms with van der Waals surface area (Å²) >= 11 is 0. The average molecular weight is 295 g/mol. The Balaban J connectivity index is 1.83. The molecule has 1 saturated carbocycles. The second-order valence-electron chi connectivity index (χ2n) is 6.43. The van der Waals surface area contributed by atoms with Gasteiger partial charge < -0.3 is 16.0 Å². The second kappa shape index (κ2) is 7.78. The van der Waals surface area contributed by atoms with E-state index >= 15 is 0 Å². The summed E-state index contributed by atoms with van der Waals surface area (Å²) in [6, 6.07) is 0.252. The zero-order valence-corrected chi connectivity index (χ0v) is 13.1. The summed E-state index contributed by atoms with van der Waals surface area (Å²) in [7, 11) is 0. The summed E-state index contributed by atoms with van der Waals surface area (Å²) in [6.07, 6.45) is 7.62. The highest BCUT2D eigenvalue weighted by Gasteiger charge is 2.32. The Hall–Kier alpha value is -1.10. The van der Waals surface area contributed by atoms with Gasteiger partial charge in [0.2, 0.25) is 11.8 Å². The van der Waals surface area contributed by atoms with Crippen LogP contribution in [0.25, 0.3) is 0 Å². The van der Waals surface area contributed by atoms with E-state index in [0.717, 1.165) is 51.6 Å². The molecule has 0 aromatic heterocycles. The molecule has 0 spiro atoms. The normalized spacial score (nSPS) is 28.0. The van der Waals surface area contributed by atoms with Gasteiger partial charge in [0.25, 0.3) is 0 Å². The van der Waals surface area contributed by atoms with E-state index in [1.807, 2.05) is 11.8 Å². The molecular formula is C16H29N3O2. The Morgan fingerprint density at radius 1 is 1.10 bits per heavy atom. The smallest absolute Gasteiger partial charge is 0.227 e. The monoisotopic (exact) mass is 295 g/mol. The fraction of sp³-hybridized carbons (Fsp3) is 0.875. The lowest BCUT2D eigenvalue weighted by Crippen LogP contribution is -2.50. The third kappa shape index (κ3) is 4.43. The van der Waals surface area contributed by atoms with Gasteiger partial charge in [-0.25, -0.2) is 0 Å². The maximum atomic E-state index is 12.7. The van der Waals surface area contributed by atoms with Crippen LogP contribution in [0.4, 0.5) is 0 Å². The van der Waals surface area contributed by atoms with E-state index in [1.54, 1.807) is 0 Å². The number of nitrogens with two attached hydrogens (primary N) is 1. The Morgan fingerprint density at radius 3 is 2.43 bits per heavy atom. The largest absolute Gasteiger partial charge is 0.353 e. The molecule has 0 aromatic carbocycles. The van der Waals surface area contributed by atoms with E-state index in [1.165, 1.54) is 6.42 Å². The number of likely N-dealkylation sites (tertiary alicyclic amines) is 1. The van der Waals surface area contributed by atoms with Crippen molar-refractivity contribution < 1.29 is 9.59 Å². The molecule has 0 bridgehead atoms. The molecule has 21 heavy (non-hydrogen) atoms. The Bertz CT molecular complexity index is 365. The van der Waals surface area contributed by atoms with Gasteiger partial charge in [-0.2, -0.15) is 0 Å². The molecule has 1 heterocycles. The fourth-order valence-corrected chi connectivity index (χ4v) is 3.45. The maximum absolute atomic E-state index is 12.7. The van der Waals surface area contributed by atoms with Crippen molar-refractivity contribution in [2.45, 2.75) is 70.4 Å². The van der Waals surface area contributed by atoms with Gasteiger partial charge in [-0.3, -0.25) is 9.59 Å². The molecule has 2 aliphatic rings. The van der Waals surface area contributed by atoms with Crippen LogP contribution in [0.5, 0.6) is 0 Å². The highest BCUT2D eigenvalue weighted by atomic mass is 16.2. The molecule has 120 valence electrons. The van der Waals surface area contributed by atoms with Crippen LogP contribution in [0.2, 0.25) is 0 Å². The van der Waals surface area contributed by atoms with Crippen LogP contribution in [-0.4, -0.2) is 41.9 Å². The number of hydrogen-bond acceptors (Lipinski definition) is 3. The highest BCUT2D eigenvalue weighted by Crippen LogP contribution is 2.25. The van der Waals surface area contributed by atoms with Crippen molar-refractivity contribution in [1.29, 1.82) is 0 Å². The van der Waals surface area contributed by atoms with Crippen LogP contribution < -0.4 is 11.1 Å². The number of nitrogens with one attached hydrogen (secondary N) is 1. The van der Waals surface area contributed by atoms with E-state index in [-0.39, 0.29) is 29.8 Å². The lowest BCUT2D eigenvalue weighted by molar-refractivity contribution is -0.137. The van der Waals surface area contributed by atoms with Gasteiger partial charge in [0.15, 0.2) is 0 Å². The molecule has 1 aliphatic heterocycles. The number of nitrogens with zero attached hydrogens (tertiary/aromatic N) is 1. The van der Waals surface area contributed by atoms with Gasteiger partial charge in [0, 0.05) is 31.6 Å². The topological polar surface area (TPSA) is 75.4 Å². The van der Waals surface area contributed by atoms with Gasteiger partial charge in [0.05, 0.1) is 5.92 Å². The SMILES string of the molecule is CCC(=O)NC1CCN(C(=O)C2CCCCCC2N)CC1. The lowest BCUT2D eigenvalue weighted by Gasteiger charge is -2.35. The summed E-state index contributed by atoms with van der Waals surface area (Å²) in [5.41, 5.74) is 6.19. The maximum Gasteiger partial charge on any atom is 0.227 e.